The number of nitrogens with two attached hydrogens (primary N) is 1. The van der Waals surface area contributed by atoms with E-state index in [2.05, 4.69) is 9.72 Å². The molecule has 2 N–H and O–H groups in total. The van der Waals surface area contributed by atoms with E-state index in [0.717, 1.165) is 6.07 Å². The number of carbonyl (C=O) groups excluding carboxylic acids is 1. The third kappa shape index (κ3) is 2.74. The minimum Gasteiger partial charge on any atom is -0.464 e. The molecule has 0 aliphatic rings. The minimum atomic E-state index is -0.707. The van der Waals surface area contributed by atoms with Crippen LogP contribution in [0.1, 0.15) is 16.2 Å². The van der Waals surface area contributed by atoms with Gasteiger partial charge in [-0.2, -0.15) is 0 Å². The van der Waals surface area contributed by atoms with Crippen molar-refractivity contribution in [1.82, 2.24) is 4.98 Å². The third-order valence-corrected chi connectivity index (χ3v) is 1.87. The summed E-state index contributed by atoms with van der Waals surface area (Å²) >= 11 is 0. The lowest BCUT2D eigenvalue weighted by Gasteiger charge is -2.02. The normalized spacial score (nSPS) is 9.88. The summed E-state index contributed by atoms with van der Waals surface area (Å²) in [5.74, 6) is -0.707. The number of rotatable bonds is 4. The van der Waals surface area contributed by atoms with E-state index < -0.39 is 10.9 Å². The summed E-state index contributed by atoms with van der Waals surface area (Å²) in [7, 11) is 1.19. The van der Waals surface area contributed by atoms with Gasteiger partial charge in [0.25, 0.3) is 5.69 Å². The fourth-order valence-electron chi connectivity index (χ4n) is 1.16. The molecule has 0 atom stereocenters. The van der Waals surface area contributed by atoms with Crippen LogP contribution in [-0.4, -0.2) is 29.5 Å². The van der Waals surface area contributed by atoms with Crippen LogP contribution in [0.5, 0.6) is 0 Å². The van der Waals surface area contributed by atoms with Gasteiger partial charge < -0.3 is 10.5 Å². The monoisotopic (exact) mass is 225 g/mol. The Labute approximate surface area is 91.4 Å². The fraction of sp³-hybridized carbons (Fsp3) is 0.333. The Bertz CT molecular complexity index is 419. The Kier molecular flexibility index (Phi) is 3.90. The molecule has 0 amide bonds. The zero-order chi connectivity index (χ0) is 12.1. The number of carbonyl (C=O) groups is 1. The standard InChI is InChI=1S/C9H11N3O4/c1-16-9(13)8-5-7(12(14)15)4-6(11-8)2-3-10/h4-5H,2-3,10H2,1H3. The smallest absolute Gasteiger partial charge is 0.356 e. The Balaban J connectivity index is 3.18. The van der Waals surface area contributed by atoms with Crippen molar-refractivity contribution in [3.8, 4) is 0 Å². The molecule has 0 aliphatic carbocycles. The number of ether oxygens (including phenoxy) is 1. The fourth-order valence-corrected chi connectivity index (χ4v) is 1.16. The van der Waals surface area contributed by atoms with Crippen molar-refractivity contribution in [1.29, 1.82) is 0 Å². The maximum absolute atomic E-state index is 11.2. The highest BCUT2D eigenvalue weighted by Crippen LogP contribution is 2.15. The molecule has 86 valence electrons. The number of nitro groups is 1. The van der Waals surface area contributed by atoms with Crippen molar-refractivity contribution in [3.05, 3.63) is 33.6 Å². The van der Waals surface area contributed by atoms with Gasteiger partial charge in [-0.05, 0) is 6.54 Å². The van der Waals surface area contributed by atoms with Crippen LogP contribution in [-0.2, 0) is 11.2 Å². The van der Waals surface area contributed by atoms with E-state index in [9.17, 15) is 14.9 Å². The largest absolute Gasteiger partial charge is 0.464 e. The number of aromatic nitrogens is 1. The molecule has 1 aromatic rings. The van der Waals surface area contributed by atoms with Crippen LogP contribution < -0.4 is 5.73 Å². The summed E-state index contributed by atoms with van der Waals surface area (Å²) in [5, 5.41) is 10.6. The average Bonchev–Trinajstić information content (AvgIpc) is 2.28. The van der Waals surface area contributed by atoms with Gasteiger partial charge >= 0.3 is 5.97 Å². The number of esters is 1. The molecule has 1 rings (SSSR count). The molecule has 0 saturated heterocycles. The van der Waals surface area contributed by atoms with Crippen LogP contribution in [0.2, 0.25) is 0 Å². The Hall–Kier alpha value is -2.02. The molecule has 1 aromatic heterocycles. The van der Waals surface area contributed by atoms with Gasteiger partial charge in [0.1, 0.15) is 0 Å². The van der Waals surface area contributed by atoms with Crippen molar-refractivity contribution < 1.29 is 14.5 Å². The van der Waals surface area contributed by atoms with Gasteiger partial charge in [-0.1, -0.05) is 0 Å². The predicted molar refractivity (Wildman–Crippen MR) is 55.0 cm³/mol. The van der Waals surface area contributed by atoms with Crippen molar-refractivity contribution >= 4 is 11.7 Å². The molecule has 0 fully saturated rings. The summed E-state index contributed by atoms with van der Waals surface area (Å²) in [4.78, 5) is 25.1. The average molecular weight is 225 g/mol. The lowest BCUT2D eigenvalue weighted by atomic mass is 10.2. The predicted octanol–water partition coefficient (Wildman–Crippen LogP) is 0.278. The van der Waals surface area contributed by atoms with E-state index in [0.29, 0.717) is 18.7 Å². The molecule has 0 radical (unpaired) electrons. The number of hydrogen-bond donors (Lipinski definition) is 1. The van der Waals surface area contributed by atoms with E-state index >= 15 is 0 Å². The molecule has 0 bridgehead atoms. The summed E-state index contributed by atoms with van der Waals surface area (Å²) in [6.45, 7) is 0.300. The maximum atomic E-state index is 11.2. The molecule has 1 heterocycles. The first-order valence-corrected chi connectivity index (χ1v) is 4.52. The van der Waals surface area contributed by atoms with Crippen molar-refractivity contribution in [2.75, 3.05) is 13.7 Å². The summed E-state index contributed by atoms with van der Waals surface area (Å²) in [6.07, 6.45) is 0.367. The van der Waals surface area contributed by atoms with E-state index in [4.69, 9.17) is 5.73 Å². The SMILES string of the molecule is COC(=O)c1cc([N+](=O)[O-])cc(CCN)n1. The Morgan fingerprint density at radius 1 is 1.62 bits per heavy atom. The number of pyridine rings is 1. The van der Waals surface area contributed by atoms with Crippen LogP contribution >= 0.6 is 0 Å². The molecular formula is C9H11N3O4. The lowest BCUT2D eigenvalue weighted by Crippen LogP contribution is -2.10. The number of methoxy groups -OCH3 is 1. The van der Waals surface area contributed by atoms with Gasteiger partial charge in [0.05, 0.1) is 12.0 Å². The summed E-state index contributed by atoms with van der Waals surface area (Å²) in [5.41, 5.74) is 5.44. The van der Waals surface area contributed by atoms with Crippen molar-refractivity contribution in [3.63, 3.8) is 0 Å². The van der Waals surface area contributed by atoms with E-state index in [1.165, 1.54) is 13.2 Å². The molecule has 7 heteroatoms. The number of nitrogens with zero attached hydrogens (tertiary/aromatic N) is 2. The van der Waals surface area contributed by atoms with Crippen LogP contribution in [0.4, 0.5) is 5.69 Å². The number of hydrogen-bond acceptors (Lipinski definition) is 6. The zero-order valence-corrected chi connectivity index (χ0v) is 8.67. The van der Waals surface area contributed by atoms with Crippen LogP contribution in [0, 0.1) is 10.1 Å². The first kappa shape index (κ1) is 12.1. The van der Waals surface area contributed by atoms with Crippen LogP contribution in [0.25, 0.3) is 0 Å². The topological polar surface area (TPSA) is 108 Å². The minimum absolute atomic E-state index is 0.0832. The summed E-state index contributed by atoms with van der Waals surface area (Å²) in [6, 6.07) is 2.37. The molecule has 0 saturated carbocycles. The highest BCUT2D eigenvalue weighted by Gasteiger charge is 2.15. The van der Waals surface area contributed by atoms with Gasteiger partial charge in [-0.3, -0.25) is 10.1 Å². The second-order valence-corrected chi connectivity index (χ2v) is 2.99. The van der Waals surface area contributed by atoms with E-state index in [1.54, 1.807) is 0 Å². The van der Waals surface area contributed by atoms with Gasteiger partial charge in [0.2, 0.25) is 0 Å². The molecule has 0 aromatic carbocycles. The second-order valence-electron chi connectivity index (χ2n) is 2.99. The molecule has 0 aliphatic heterocycles. The molecule has 16 heavy (non-hydrogen) atoms. The van der Waals surface area contributed by atoms with Crippen LogP contribution in [0.3, 0.4) is 0 Å². The highest BCUT2D eigenvalue weighted by molar-refractivity contribution is 5.87. The quantitative estimate of drug-likeness (QED) is 0.447. The first-order chi connectivity index (χ1) is 7.58. The van der Waals surface area contributed by atoms with Crippen molar-refractivity contribution in [2.45, 2.75) is 6.42 Å². The highest BCUT2D eigenvalue weighted by atomic mass is 16.6. The van der Waals surface area contributed by atoms with Gasteiger partial charge in [0, 0.05) is 24.2 Å². The zero-order valence-electron chi connectivity index (χ0n) is 8.67. The second kappa shape index (κ2) is 5.17. The van der Waals surface area contributed by atoms with Gasteiger partial charge in [-0.25, -0.2) is 9.78 Å². The summed E-state index contributed by atoms with van der Waals surface area (Å²) < 4.78 is 4.45. The lowest BCUT2D eigenvalue weighted by molar-refractivity contribution is -0.385. The Morgan fingerprint density at radius 2 is 2.31 bits per heavy atom. The van der Waals surface area contributed by atoms with E-state index in [-0.39, 0.29) is 11.4 Å². The van der Waals surface area contributed by atoms with Crippen LogP contribution in [0.15, 0.2) is 12.1 Å². The molecular weight excluding hydrogens is 214 g/mol. The maximum Gasteiger partial charge on any atom is 0.356 e. The van der Waals surface area contributed by atoms with Crippen molar-refractivity contribution in [2.24, 2.45) is 5.73 Å². The molecule has 0 unspecified atom stereocenters. The Morgan fingerprint density at radius 3 is 2.81 bits per heavy atom. The third-order valence-electron chi connectivity index (χ3n) is 1.87. The van der Waals surface area contributed by atoms with E-state index in [1.807, 2.05) is 0 Å². The first-order valence-electron chi connectivity index (χ1n) is 4.52. The molecule has 7 nitrogen and oxygen atoms in total. The van der Waals surface area contributed by atoms with Gasteiger partial charge in [0.15, 0.2) is 5.69 Å². The van der Waals surface area contributed by atoms with Gasteiger partial charge in [-0.15, -0.1) is 0 Å². The molecule has 0 spiro atoms.